The Bertz CT molecular complexity index is 2480. The van der Waals surface area contributed by atoms with Crippen LogP contribution >= 0.6 is 0 Å². The van der Waals surface area contributed by atoms with Gasteiger partial charge in [0.15, 0.2) is 0 Å². The predicted octanol–water partition coefficient (Wildman–Crippen LogP) is 11.3. The van der Waals surface area contributed by atoms with E-state index in [1.165, 1.54) is 10.9 Å². The standard InChI is InChI=1S/C43H33N2O2.Pt/c1-26-19-29(21-30(20-26)37-25-32(43(2,3)4)22-28-13-10-18-44-40(28)37)36-23-31(34-16-9-12-27-11-5-6-14-33(27)34)24-39-41(36)45-42(47-39)35-15-7-8-17-38(35)46;/h5-20,22-25,46H,1-4H3;/q-1;. The summed E-state index contributed by atoms with van der Waals surface area (Å²) in [4.78, 5) is 9.81. The van der Waals surface area contributed by atoms with Crippen molar-refractivity contribution in [2.24, 2.45) is 0 Å². The molecule has 0 fully saturated rings. The molecule has 6 aromatic carbocycles. The van der Waals surface area contributed by atoms with Crippen LogP contribution in [0.3, 0.4) is 0 Å². The molecule has 0 aliphatic rings. The summed E-state index contributed by atoms with van der Waals surface area (Å²) in [6.07, 6.45) is 1.85. The number of aromatic hydroxyl groups is 1. The van der Waals surface area contributed by atoms with E-state index in [-0.39, 0.29) is 32.2 Å². The van der Waals surface area contributed by atoms with Crippen LogP contribution in [0.2, 0.25) is 0 Å². The normalized spacial score (nSPS) is 11.7. The third kappa shape index (κ3) is 5.61. The van der Waals surface area contributed by atoms with Crippen LogP contribution in [0.25, 0.3) is 77.6 Å². The molecule has 1 N–H and O–H groups in total. The molecule has 0 saturated heterocycles. The molecule has 0 bridgehead atoms. The Morgan fingerprint density at radius 2 is 1.35 bits per heavy atom. The van der Waals surface area contributed by atoms with Crippen LogP contribution in [0.5, 0.6) is 5.75 Å². The van der Waals surface area contributed by atoms with E-state index in [0.717, 1.165) is 55.2 Å². The number of nitrogens with zero attached hydrogens (tertiary/aromatic N) is 2. The monoisotopic (exact) mass is 804 g/mol. The number of hydrogen-bond donors (Lipinski definition) is 1. The molecule has 4 nitrogen and oxygen atoms in total. The average molecular weight is 805 g/mol. The minimum atomic E-state index is -0.0372. The molecule has 48 heavy (non-hydrogen) atoms. The van der Waals surface area contributed by atoms with Gasteiger partial charge in [-0.15, -0.1) is 34.9 Å². The molecular weight excluding hydrogens is 772 g/mol. The fourth-order valence-electron chi connectivity index (χ4n) is 6.47. The molecular formula is C43H33N2O2Pt-. The maximum atomic E-state index is 10.7. The molecule has 0 unspecified atom stereocenters. The minimum Gasteiger partial charge on any atom is -0.507 e. The summed E-state index contributed by atoms with van der Waals surface area (Å²) in [5.74, 6) is 0.493. The van der Waals surface area contributed by atoms with E-state index < -0.39 is 0 Å². The maximum Gasteiger partial charge on any atom is 0.230 e. The first kappa shape index (κ1) is 31.5. The molecule has 5 heteroatoms. The molecule has 2 heterocycles. The van der Waals surface area contributed by atoms with Gasteiger partial charge in [0.05, 0.1) is 11.1 Å². The van der Waals surface area contributed by atoms with E-state index in [1.54, 1.807) is 12.1 Å². The van der Waals surface area contributed by atoms with Crippen molar-refractivity contribution in [3.8, 4) is 50.6 Å². The third-order valence-corrected chi connectivity index (χ3v) is 8.89. The fraction of sp³-hybridized carbons (Fsp3) is 0.116. The molecule has 0 amide bonds. The quantitative estimate of drug-likeness (QED) is 0.180. The zero-order valence-corrected chi connectivity index (χ0v) is 29.4. The topological polar surface area (TPSA) is 59.2 Å². The number of aromatic nitrogens is 2. The van der Waals surface area contributed by atoms with Gasteiger partial charge in [-0.25, -0.2) is 4.98 Å². The summed E-state index contributed by atoms with van der Waals surface area (Å²) in [7, 11) is 0. The van der Waals surface area contributed by atoms with E-state index >= 15 is 0 Å². The van der Waals surface area contributed by atoms with Gasteiger partial charge in [-0.05, 0) is 62.5 Å². The van der Waals surface area contributed by atoms with E-state index in [4.69, 9.17) is 14.4 Å². The van der Waals surface area contributed by atoms with Crippen molar-refractivity contribution in [1.29, 1.82) is 0 Å². The Morgan fingerprint density at radius 3 is 2.15 bits per heavy atom. The summed E-state index contributed by atoms with van der Waals surface area (Å²) in [6.45, 7) is 8.83. The van der Waals surface area contributed by atoms with Crippen molar-refractivity contribution >= 4 is 32.8 Å². The largest absolute Gasteiger partial charge is 0.507 e. The Balaban J connectivity index is 0.00000364. The number of phenolic OH excluding ortho intramolecular Hbond substituents is 1. The predicted molar refractivity (Wildman–Crippen MR) is 192 cm³/mol. The zero-order chi connectivity index (χ0) is 32.3. The van der Waals surface area contributed by atoms with Gasteiger partial charge in [-0.2, -0.15) is 0 Å². The van der Waals surface area contributed by atoms with Gasteiger partial charge in [0, 0.05) is 32.8 Å². The van der Waals surface area contributed by atoms with Crippen LogP contribution in [0.4, 0.5) is 0 Å². The number of phenols is 1. The zero-order valence-electron chi connectivity index (χ0n) is 27.1. The fourth-order valence-corrected chi connectivity index (χ4v) is 6.47. The second-order valence-corrected chi connectivity index (χ2v) is 13.3. The van der Waals surface area contributed by atoms with Gasteiger partial charge in [-0.3, -0.25) is 4.98 Å². The van der Waals surface area contributed by atoms with Crippen molar-refractivity contribution in [2.75, 3.05) is 0 Å². The first-order valence-corrected chi connectivity index (χ1v) is 15.9. The summed E-state index contributed by atoms with van der Waals surface area (Å²) in [5, 5.41) is 14.1. The van der Waals surface area contributed by atoms with Crippen molar-refractivity contribution in [2.45, 2.75) is 33.1 Å². The summed E-state index contributed by atoms with van der Waals surface area (Å²) >= 11 is 0. The van der Waals surface area contributed by atoms with E-state index in [2.05, 4.69) is 119 Å². The van der Waals surface area contributed by atoms with Crippen molar-refractivity contribution in [3.05, 3.63) is 139 Å². The number of fused-ring (bicyclic) bond motifs is 3. The van der Waals surface area contributed by atoms with Crippen LogP contribution in [-0.4, -0.2) is 15.1 Å². The summed E-state index contributed by atoms with van der Waals surface area (Å²) in [6, 6.07) is 42.9. The average Bonchev–Trinajstić information content (AvgIpc) is 3.50. The molecule has 0 aliphatic carbocycles. The molecule has 0 radical (unpaired) electrons. The molecule has 238 valence electrons. The minimum absolute atomic E-state index is 0. The summed E-state index contributed by atoms with van der Waals surface area (Å²) < 4.78 is 6.43. The number of hydrogen-bond acceptors (Lipinski definition) is 4. The van der Waals surface area contributed by atoms with Gasteiger partial charge < -0.3 is 9.52 Å². The molecule has 0 spiro atoms. The first-order chi connectivity index (χ1) is 22.7. The van der Waals surface area contributed by atoms with Gasteiger partial charge in [0.2, 0.25) is 5.89 Å². The van der Waals surface area contributed by atoms with Crippen molar-refractivity contribution in [1.82, 2.24) is 9.97 Å². The van der Waals surface area contributed by atoms with E-state index in [0.29, 0.717) is 22.6 Å². The molecule has 0 saturated carbocycles. The van der Waals surface area contributed by atoms with Crippen LogP contribution in [0.15, 0.2) is 126 Å². The Morgan fingerprint density at radius 1 is 0.667 bits per heavy atom. The van der Waals surface area contributed by atoms with Gasteiger partial charge >= 0.3 is 0 Å². The number of pyridine rings is 1. The second-order valence-electron chi connectivity index (χ2n) is 13.3. The van der Waals surface area contributed by atoms with Crippen molar-refractivity contribution < 1.29 is 30.6 Å². The number of para-hydroxylation sites is 1. The van der Waals surface area contributed by atoms with Crippen LogP contribution in [0, 0.1) is 13.0 Å². The molecule has 2 aromatic heterocycles. The second kappa shape index (κ2) is 12.2. The van der Waals surface area contributed by atoms with Crippen LogP contribution in [-0.2, 0) is 26.5 Å². The third-order valence-electron chi connectivity index (χ3n) is 8.89. The number of benzene rings is 6. The molecule has 8 rings (SSSR count). The molecule has 0 aliphatic heterocycles. The Labute approximate surface area is 294 Å². The smallest absolute Gasteiger partial charge is 0.230 e. The Hall–Kier alpha value is -5.05. The van der Waals surface area contributed by atoms with Gasteiger partial charge in [-0.1, -0.05) is 118 Å². The summed E-state index contributed by atoms with van der Waals surface area (Å²) in [5.41, 5.74) is 11.1. The van der Waals surface area contributed by atoms with Crippen LogP contribution < -0.4 is 0 Å². The first-order valence-electron chi connectivity index (χ1n) is 15.9. The SMILES string of the molecule is Cc1cc(-c2cc(C(C)(C)C)cc3cccnc23)[c-]c(-c2cc(-c3cccc4ccccc34)cc3oc(-c4ccccc4O)nc23)c1.[Pt]. The Kier molecular flexibility index (Phi) is 8.01. The number of rotatable bonds is 4. The van der Waals surface area contributed by atoms with Crippen LogP contribution in [0.1, 0.15) is 31.9 Å². The van der Waals surface area contributed by atoms with Gasteiger partial charge in [0.25, 0.3) is 0 Å². The number of oxazole rings is 1. The number of aryl methyl sites for hydroxylation is 1. The molecule has 8 aromatic rings. The van der Waals surface area contributed by atoms with Crippen molar-refractivity contribution in [3.63, 3.8) is 0 Å². The molecule has 0 atom stereocenters. The maximum absolute atomic E-state index is 10.7. The van der Waals surface area contributed by atoms with E-state index in [9.17, 15) is 5.11 Å². The van der Waals surface area contributed by atoms with E-state index in [1.807, 2.05) is 24.4 Å². The van der Waals surface area contributed by atoms with Gasteiger partial charge in [0.1, 0.15) is 11.3 Å².